The highest BCUT2D eigenvalue weighted by Gasteiger charge is 2.20. The fourth-order valence-electron chi connectivity index (χ4n) is 3.12. The predicted molar refractivity (Wildman–Crippen MR) is 85.4 cm³/mol. The molecule has 3 aromatic rings. The summed E-state index contributed by atoms with van der Waals surface area (Å²) in [6.07, 6.45) is 1.95. The van der Waals surface area contributed by atoms with Gasteiger partial charge in [-0.3, -0.25) is 4.79 Å². The number of benzene rings is 1. The van der Waals surface area contributed by atoms with Gasteiger partial charge in [0, 0.05) is 23.4 Å². The van der Waals surface area contributed by atoms with Crippen LogP contribution in [0, 0.1) is 5.82 Å². The SMILES string of the molecule is Cl.O=c1cc(C2CCNCC2)n2nc3cc(F)ccc3c2[nH]1. The van der Waals surface area contributed by atoms with Crippen molar-refractivity contribution >= 4 is 29.0 Å². The second kappa shape index (κ2) is 5.70. The fraction of sp³-hybridized carbons (Fsp3) is 0.333. The van der Waals surface area contributed by atoms with Gasteiger partial charge in [0.05, 0.1) is 11.2 Å². The average Bonchev–Trinajstić information content (AvgIpc) is 2.84. The third-order valence-electron chi connectivity index (χ3n) is 4.16. The van der Waals surface area contributed by atoms with Crippen molar-refractivity contribution in [3.8, 4) is 0 Å². The summed E-state index contributed by atoms with van der Waals surface area (Å²) in [5.41, 5.74) is 1.98. The molecule has 1 aromatic carbocycles. The molecule has 2 aromatic heterocycles. The maximum Gasteiger partial charge on any atom is 0.251 e. The summed E-state index contributed by atoms with van der Waals surface area (Å²) in [6, 6.07) is 6.06. The highest BCUT2D eigenvalue weighted by atomic mass is 35.5. The number of H-pyrrole nitrogens is 1. The zero-order chi connectivity index (χ0) is 14.4. The summed E-state index contributed by atoms with van der Waals surface area (Å²) in [4.78, 5) is 14.8. The molecule has 0 saturated carbocycles. The third-order valence-corrected chi connectivity index (χ3v) is 4.16. The van der Waals surface area contributed by atoms with Gasteiger partial charge in [-0.25, -0.2) is 8.91 Å². The lowest BCUT2D eigenvalue weighted by molar-refractivity contribution is 0.446. The molecule has 0 unspecified atom stereocenters. The van der Waals surface area contributed by atoms with Gasteiger partial charge in [-0.1, -0.05) is 0 Å². The summed E-state index contributed by atoms with van der Waals surface area (Å²) in [5, 5.41) is 8.56. The predicted octanol–water partition coefficient (Wildman–Crippen LogP) is 2.20. The lowest BCUT2D eigenvalue weighted by Gasteiger charge is -2.23. The minimum Gasteiger partial charge on any atom is -0.317 e. The molecule has 22 heavy (non-hydrogen) atoms. The molecule has 0 aliphatic carbocycles. The number of nitrogens with one attached hydrogen (secondary N) is 2. The number of piperidine rings is 1. The van der Waals surface area contributed by atoms with Crippen molar-refractivity contribution in [2.75, 3.05) is 13.1 Å². The minimum absolute atomic E-state index is 0. The number of aromatic nitrogens is 3. The quantitative estimate of drug-likeness (QED) is 0.722. The Bertz CT molecular complexity index is 882. The normalized spacial score (nSPS) is 16.0. The van der Waals surface area contributed by atoms with Crippen molar-refractivity contribution < 1.29 is 4.39 Å². The second-order valence-corrected chi connectivity index (χ2v) is 5.50. The maximum absolute atomic E-state index is 13.4. The fourth-order valence-corrected chi connectivity index (χ4v) is 3.12. The van der Waals surface area contributed by atoms with E-state index >= 15 is 0 Å². The first kappa shape index (κ1) is 15.0. The molecule has 5 nitrogen and oxygen atoms in total. The molecule has 1 aliphatic heterocycles. The Hall–Kier alpha value is -1.92. The number of nitrogens with zero attached hydrogens (tertiary/aromatic N) is 2. The third kappa shape index (κ3) is 2.38. The van der Waals surface area contributed by atoms with Crippen molar-refractivity contribution in [3.63, 3.8) is 0 Å². The van der Waals surface area contributed by atoms with Crippen LogP contribution in [-0.4, -0.2) is 27.7 Å². The van der Waals surface area contributed by atoms with Gasteiger partial charge < -0.3 is 10.3 Å². The Morgan fingerprint density at radius 3 is 2.77 bits per heavy atom. The Balaban J connectivity index is 0.00000144. The van der Waals surface area contributed by atoms with Gasteiger partial charge >= 0.3 is 0 Å². The van der Waals surface area contributed by atoms with Crippen LogP contribution in [0.4, 0.5) is 4.39 Å². The first-order valence-corrected chi connectivity index (χ1v) is 7.14. The Morgan fingerprint density at radius 1 is 1.23 bits per heavy atom. The first-order valence-electron chi connectivity index (χ1n) is 7.14. The van der Waals surface area contributed by atoms with E-state index in [0.29, 0.717) is 17.1 Å². The monoisotopic (exact) mass is 322 g/mol. The summed E-state index contributed by atoms with van der Waals surface area (Å²) >= 11 is 0. The molecule has 2 N–H and O–H groups in total. The van der Waals surface area contributed by atoms with Crippen molar-refractivity contribution in [1.29, 1.82) is 0 Å². The van der Waals surface area contributed by atoms with E-state index in [9.17, 15) is 9.18 Å². The van der Waals surface area contributed by atoms with Gasteiger partial charge in [0.2, 0.25) is 0 Å². The molecule has 7 heteroatoms. The molecule has 116 valence electrons. The number of rotatable bonds is 1. The van der Waals surface area contributed by atoms with Crippen LogP contribution in [-0.2, 0) is 0 Å². The molecule has 0 amide bonds. The molecular formula is C15H16ClFN4O. The molecule has 3 heterocycles. The Kier molecular flexibility index (Phi) is 3.88. The summed E-state index contributed by atoms with van der Waals surface area (Å²) in [6.45, 7) is 1.88. The van der Waals surface area contributed by atoms with Gasteiger partial charge in [0.1, 0.15) is 11.5 Å². The minimum atomic E-state index is -0.323. The molecule has 0 radical (unpaired) electrons. The number of hydrogen-bond acceptors (Lipinski definition) is 3. The van der Waals surface area contributed by atoms with Gasteiger partial charge in [-0.05, 0) is 38.1 Å². The number of halogens is 2. The highest BCUT2D eigenvalue weighted by molar-refractivity contribution is 5.92. The molecule has 1 aliphatic rings. The van der Waals surface area contributed by atoms with E-state index in [1.165, 1.54) is 12.1 Å². The molecule has 1 saturated heterocycles. The lowest BCUT2D eigenvalue weighted by Crippen LogP contribution is -2.28. The largest absolute Gasteiger partial charge is 0.317 e. The number of hydrogen-bond donors (Lipinski definition) is 2. The van der Waals surface area contributed by atoms with Crippen LogP contribution in [0.2, 0.25) is 0 Å². The van der Waals surface area contributed by atoms with Gasteiger partial charge in [-0.15, -0.1) is 12.4 Å². The van der Waals surface area contributed by atoms with Crippen molar-refractivity contribution in [1.82, 2.24) is 19.9 Å². The number of aromatic amines is 1. The highest BCUT2D eigenvalue weighted by Crippen LogP contribution is 2.26. The second-order valence-electron chi connectivity index (χ2n) is 5.50. The zero-order valence-electron chi connectivity index (χ0n) is 11.8. The van der Waals surface area contributed by atoms with E-state index in [4.69, 9.17) is 0 Å². The topological polar surface area (TPSA) is 62.2 Å². The van der Waals surface area contributed by atoms with Crippen molar-refractivity contribution in [3.05, 3.63) is 46.1 Å². The van der Waals surface area contributed by atoms with E-state index in [-0.39, 0.29) is 23.8 Å². The van der Waals surface area contributed by atoms with Crippen LogP contribution in [0.15, 0.2) is 29.1 Å². The van der Waals surface area contributed by atoms with Crippen LogP contribution in [0.25, 0.3) is 16.6 Å². The molecule has 1 fully saturated rings. The smallest absolute Gasteiger partial charge is 0.251 e. The van der Waals surface area contributed by atoms with E-state index < -0.39 is 0 Å². The zero-order valence-corrected chi connectivity index (χ0v) is 12.6. The molecular weight excluding hydrogens is 307 g/mol. The van der Waals surface area contributed by atoms with Crippen molar-refractivity contribution in [2.45, 2.75) is 18.8 Å². The van der Waals surface area contributed by atoms with E-state index in [1.54, 1.807) is 16.6 Å². The Morgan fingerprint density at radius 2 is 2.00 bits per heavy atom. The van der Waals surface area contributed by atoms with Crippen LogP contribution in [0.5, 0.6) is 0 Å². The maximum atomic E-state index is 13.4. The standard InChI is InChI=1S/C15H15FN4O.ClH/c16-10-1-2-11-12(7-10)19-20-13(8-14(21)18-15(11)20)9-3-5-17-6-4-9;/h1-2,7-9,17H,3-6H2,(H,18,21);1H. The van der Waals surface area contributed by atoms with E-state index in [2.05, 4.69) is 15.4 Å². The molecule has 0 atom stereocenters. The van der Waals surface area contributed by atoms with Crippen LogP contribution in [0.1, 0.15) is 24.5 Å². The average molecular weight is 323 g/mol. The lowest BCUT2D eigenvalue weighted by atomic mass is 9.94. The summed E-state index contributed by atoms with van der Waals surface area (Å²) in [5.74, 6) is -0.0214. The van der Waals surface area contributed by atoms with E-state index in [0.717, 1.165) is 37.0 Å². The van der Waals surface area contributed by atoms with Crippen LogP contribution in [0.3, 0.4) is 0 Å². The summed E-state index contributed by atoms with van der Waals surface area (Å²) in [7, 11) is 0. The van der Waals surface area contributed by atoms with Gasteiger partial charge in [-0.2, -0.15) is 5.10 Å². The molecule has 0 spiro atoms. The van der Waals surface area contributed by atoms with Crippen LogP contribution < -0.4 is 10.9 Å². The van der Waals surface area contributed by atoms with E-state index in [1.807, 2.05) is 0 Å². The summed E-state index contributed by atoms with van der Waals surface area (Å²) < 4.78 is 15.1. The number of fused-ring (bicyclic) bond motifs is 3. The van der Waals surface area contributed by atoms with Crippen LogP contribution >= 0.6 is 12.4 Å². The molecule has 4 rings (SSSR count). The van der Waals surface area contributed by atoms with Gasteiger partial charge in [0.15, 0.2) is 0 Å². The van der Waals surface area contributed by atoms with Gasteiger partial charge in [0.25, 0.3) is 5.56 Å². The van der Waals surface area contributed by atoms with Crippen molar-refractivity contribution in [2.24, 2.45) is 0 Å². The first-order chi connectivity index (χ1) is 10.2. The molecule has 0 bridgehead atoms. The Labute approximate surface area is 131 Å².